The molecule has 0 aliphatic carbocycles. The van der Waals surface area contributed by atoms with Crippen molar-refractivity contribution in [3.05, 3.63) is 65.4 Å². The van der Waals surface area contributed by atoms with Crippen molar-refractivity contribution in [2.75, 3.05) is 5.32 Å². The van der Waals surface area contributed by atoms with E-state index in [9.17, 15) is 0 Å². The number of hydrogen-bond donors (Lipinski definition) is 1. The molecule has 0 atom stereocenters. The van der Waals surface area contributed by atoms with Gasteiger partial charge in [0.15, 0.2) is 0 Å². The molecular weight excluding hydrogens is 258 g/mol. The minimum Gasteiger partial charge on any atom is -0.365 e. The van der Waals surface area contributed by atoms with Crippen molar-refractivity contribution in [2.24, 2.45) is 0 Å². The molecule has 0 saturated heterocycles. The molecule has 0 unspecified atom stereocenters. The molecule has 4 heteroatoms. The molecule has 19 heavy (non-hydrogen) atoms. The monoisotopic (exact) mass is 269 g/mol. The van der Waals surface area contributed by atoms with Crippen LogP contribution in [0, 0.1) is 0 Å². The van der Waals surface area contributed by atoms with Gasteiger partial charge in [-0.3, -0.25) is 0 Å². The first-order chi connectivity index (χ1) is 9.33. The van der Waals surface area contributed by atoms with E-state index in [-0.39, 0.29) is 0 Å². The Balaban J connectivity index is 1.86. The van der Waals surface area contributed by atoms with Crippen molar-refractivity contribution in [1.29, 1.82) is 0 Å². The summed E-state index contributed by atoms with van der Waals surface area (Å²) in [6, 6.07) is 15.7. The third kappa shape index (κ3) is 2.66. The van der Waals surface area contributed by atoms with Crippen LogP contribution < -0.4 is 5.32 Å². The van der Waals surface area contributed by atoms with E-state index < -0.39 is 0 Å². The SMILES string of the molecule is Clc1cccc(CNc2ncnc3ccccc23)c1. The van der Waals surface area contributed by atoms with Gasteiger partial charge in [-0.2, -0.15) is 0 Å². The van der Waals surface area contributed by atoms with Gasteiger partial charge in [0.25, 0.3) is 0 Å². The summed E-state index contributed by atoms with van der Waals surface area (Å²) in [7, 11) is 0. The lowest BCUT2D eigenvalue weighted by atomic mass is 10.2. The highest BCUT2D eigenvalue weighted by atomic mass is 35.5. The maximum atomic E-state index is 5.97. The van der Waals surface area contributed by atoms with Gasteiger partial charge in [0, 0.05) is 17.0 Å². The van der Waals surface area contributed by atoms with Crippen LogP contribution in [0.1, 0.15) is 5.56 Å². The number of rotatable bonds is 3. The molecule has 0 bridgehead atoms. The Kier molecular flexibility index (Phi) is 3.29. The number of halogens is 1. The second-order valence-corrected chi connectivity index (χ2v) is 4.66. The van der Waals surface area contributed by atoms with Crippen molar-refractivity contribution in [3.8, 4) is 0 Å². The molecule has 1 aromatic heterocycles. The molecule has 3 aromatic rings. The molecule has 3 rings (SSSR count). The second kappa shape index (κ2) is 5.24. The van der Waals surface area contributed by atoms with Crippen LogP contribution in [0.3, 0.4) is 0 Å². The van der Waals surface area contributed by atoms with Gasteiger partial charge in [-0.25, -0.2) is 9.97 Å². The van der Waals surface area contributed by atoms with Crippen LogP contribution in [0.5, 0.6) is 0 Å². The highest BCUT2D eigenvalue weighted by Crippen LogP contribution is 2.19. The van der Waals surface area contributed by atoms with Crippen molar-refractivity contribution in [3.63, 3.8) is 0 Å². The standard InChI is InChI=1S/C15H12ClN3/c16-12-5-3-4-11(8-12)9-17-15-13-6-1-2-7-14(13)18-10-19-15/h1-8,10H,9H2,(H,17,18,19). The van der Waals surface area contributed by atoms with Crippen molar-refractivity contribution < 1.29 is 0 Å². The number of hydrogen-bond acceptors (Lipinski definition) is 3. The summed E-state index contributed by atoms with van der Waals surface area (Å²) in [6.45, 7) is 0.682. The normalized spacial score (nSPS) is 10.6. The van der Waals surface area contributed by atoms with E-state index in [4.69, 9.17) is 11.6 Å². The molecule has 0 fully saturated rings. The highest BCUT2D eigenvalue weighted by Gasteiger charge is 2.02. The summed E-state index contributed by atoms with van der Waals surface area (Å²) < 4.78 is 0. The van der Waals surface area contributed by atoms with Gasteiger partial charge < -0.3 is 5.32 Å². The van der Waals surface area contributed by atoms with Crippen LogP contribution in [0.2, 0.25) is 5.02 Å². The number of aromatic nitrogens is 2. The van der Waals surface area contributed by atoms with Crippen LogP contribution in [0.4, 0.5) is 5.82 Å². The number of anilines is 1. The van der Waals surface area contributed by atoms with Crippen molar-refractivity contribution in [2.45, 2.75) is 6.54 Å². The van der Waals surface area contributed by atoms with Gasteiger partial charge in [-0.1, -0.05) is 35.9 Å². The molecule has 0 spiro atoms. The predicted molar refractivity (Wildman–Crippen MR) is 78.3 cm³/mol. The predicted octanol–water partition coefficient (Wildman–Crippen LogP) is 3.90. The van der Waals surface area contributed by atoms with E-state index in [0.717, 1.165) is 27.3 Å². The summed E-state index contributed by atoms with van der Waals surface area (Å²) in [5.41, 5.74) is 2.06. The van der Waals surface area contributed by atoms with E-state index in [1.807, 2.05) is 48.5 Å². The molecule has 0 aliphatic rings. The third-order valence-electron chi connectivity index (χ3n) is 2.89. The van der Waals surface area contributed by atoms with Crippen molar-refractivity contribution >= 4 is 28.3 Å². The summed E-state index contributed by atoms with van der Waals surface area (Å²) in [5, 5.41) is 5.08. The lowest BCUT2D eigenvalue weighted by molar-refractivity contribution is 1.10. The Hall–Kier alpha value is -2.13. The second-order valence-electron chi connectivity index (χ2n) is 4.22. The molecule has 0 saturated carbocycles. The molecule has 1 heterocycles. The van der Waals surface area contributed by atoms with Crippen LogP contribution in [0.15, 0.2) is 54.9 Å². The number of nitrogens with zero attached hydrogens (tertiary/aromatic N) is 2. The Morgan fingerprint density at radius 2 is 1.89 bits per heavy atom. The maximum absolute atomic E-state index is 5.97. The van der Waals surface area contributed by atoms with Gasteiger partial charge >= 0.3 is 0 Å². The first kappa shape index (κ1) is 11.9. The maximum Gasteiger partial charge on any atom is 0.137 e. The number of benzene rings is 2. The van der Waals surface area contributed by atoms with E-state index in [1.165, 1.54) is 0 Å². The lowest BCUT2D eigenvalue weighted by Crippen LogP contribution is -2.02. The zero-order valence-corrected chi connectivity index (χ0v) is 10.9. The number of para-hydroxylation sites is 1. The fourth-order valence-electron chi connectivity index (χ4n) is 1.98. The Bertz CT molecular complexity index is 707. The quantitative estimate of drug-likeness (QED) is 0.784. The smallest absolute Gasteiger partial charge is 0.137 e. The lowest BCUT2D eigenvalue weighted by Gasteiger charge is -2.08. The van der Waals surface area contributed by atoms with E-state index in [1.54, 1.807) is 6.33 Å². The van der Waals surface area contributed by atoms with Gasteiger partial charge in [-0.15, -0.1) is 0 Å². The Morgan fingerprint density at radius 1 is 1.00 bits per heavy atom. The van der Waals surface area contributed by atoms with Gasteiger partial charge in [0.05, 0.1) is 5.52 Å². The average molecular weight is 270 g/mol. The van der Waals surface area contributed by atoms with Crippen LogP contribution in [0.25, 0.3) is 10.9 Å². The number of fused-ring (bicyclic) bond motifs is 1. The molecular formula is C15H12ClN3. The highest BCUT2D eigenvalue weighted by molar-refractivity contribution is 6.30. The average Bonchev–Trinajstić information content (AvgIpc) is 2.45. The zero-order chi connectivity index (χ0) is 13.1. The topological polar surface area (TPSA) is 37.8 Å². The summed E-state index contributed by atoms with van der Waals surface area (Å²) >= 11 is 5.97. The Labute approximate surface area is 116 Å². The summed E-state index contributed by atoms with van der Waals surface area (Å²) in [4.78, 5) is 8.53. The van der Waals surface area contributed by atoms with Gasteiger partial charge in [-0.05, 0) is 29.8 Å². The fraction of sp³-hybridized carbons (Fsp3) is 0.0667. The first-order valence-corrected chi connectivity index (χ1v) is 6.39. The third-order valence-corrected chi connectivity index (χ3v) is 3.13. The Morgan fingerprint density at radius 3 is 2.79 bits per heavy atom. The summed E-state index contributed by atoms with van der Waals surface area (Å²) in [5.74, 6) is 0.838. The van der Waals surface area contributed by atoms with E-state index >= 15 is 0 Å². The minimum atomic E-state index is 0.682. The molecule has 3 nitrogen and oxygen atoms in total. The molecule has 0 amide bonds. The van der Waals surface area contributed by atoms with Gasteiger partial charge in [0.2, 0.25) is 0 Å². The fourth-order valence-corrected chi connectivity index (χ4v) is 2.19. The van der Waals surface area contributed by atoms with Crippen LogP contribution >= 0.6 is 11.6 Å². The molecule has 0 aliphatic heterocycles. The zero-order valence-electron chi connectivity index (χ0n) is 10.2. The minimum absolute atomic E-state index is 0.682. The summed E-state index contributed by atoms with van der Waals surface area (Å²) in [6.07, 6.45) is 1.57. The number of nitrogens with one attached hydrogen (secondary N) is 1. The van der Waals surface area contributed by atoms with E-state index in [0.29, 0.717) is 6.54 Å². The van der Waals surface area contributed by atoms with Gasteiger partial charge in [0.1, 0.15) is 12.1 Å². The van der Waals surface area contributed by atoms with Crippen LogP contribution in [-0.2, 0) is 6.54 Å². The van der Waals surface area contributed by atoms with E-state index in [2.05, 4.69) is 15.3 Å². The molecule has 1 N–H and O–H groups in total. The molecule has 94 valence electrons. The van der Waals surface area contributed by atoms with Crippen molar-refractivity contribution in [1.82, 2.24) is 9.97 Å². The first-order valence-electron chi connectivity index (χ1n) is 6.01. The largest absolute Gasteiger partial charge is 0.365 e. The van der Waals surface area contributed by atoms with Crippen LogP contribution in [-0.4, -0.2) is 9.97 Å². The molecule has 0 radical (unpaired) electrons. The molecule has 2 aromatic carbocycles.